The largest absolute Gasteiger partial charge is 0.480 e. The summed E-state index contributed by atoms with van der Waals surface area (Å²) in [7, 11) is 1.54. The van der Waals surface area contributed by atoms with E-state index in [1.807, 2.05) is 20.8 Å². The van der Waals surface area contributed by atoms with Gasteiger partial charge in [0, 0.05) is 6.20 Å². The molecule has 0 aliphatic carbocycles. The molecule has 4 nitrogen and oxygen atoms in total. The van der Waals surface area contributed by atoms with Gasteiger partial charge in [-0.1, -0.05) is 0 Å². The second kappa shape index (κ2) is 4.99. The number of rotatable bonds is 2. The molecular formula is C11H14INO3. The van der Waals surface area contributed by atoms with Gasteiger partial charge in [0.25, 0.3) is 0 Å². The molecule has 0 N–H and O–H groups in total. The highest BCUT2D eigenvalue weighted by molar-refractivity contribution is 14.1. The lowest BCUT2D eigenvalue weighted by molar-refractivity contribution is 0.00689. The van der Waals surface area contributed by atoms with Gasteiger partial charge in [-0.05, 0) is 49.4 Å². The highest BCUT2D eigenvalue weighted by Crippen LogP contribution is 2.20. The number of nitrogens with zero attached hydrogens (tertiary/aromatic N) is 1. The SMILES string of the molecule is COc1ncc(C(=O)OC(C)(C)C)cc1I. The van der Waals surface area contributed by atoms with Crippen LogP contribution < -0.4 is 4.74 Å². The van der Waals surface area contributed by atoms with Crippen molar-refractivity contribution in [3.8, 4) is 5.88 Å². The van der Waals surface area contributed by atoms with Crippen LogP contribution in [0.1, 0.15) is 31.1 Å². The van der Waals surface area contributed by atoms with E-state index in [9.17, 15) is 4.79 Å². The number of methoxy groups -OCH3 is 1. The first kappa shape index (κ1) is 13.2. The van der Waals surface area contributed by atoms with Gasteiger partial charge in [0.05, 0.1) is 16.2 Å². The topological polar surface area (TPSA) is 48.4 Å². The smallest absolute Gasteiger partial charge is 0.340 e. The fourth-order valence-corrected chi connectivity index (χ4v) is 1.72. The van der Waals surface area contributed by atoms with Crippen molar-refractivity contribution in [2.45, 2.75) is 26.4 Å². The Bertz CT molecular complexity index is 399. The number of carbonyl (C=O) groups is 1. The third-order valence-corrected chi connectivity index (χ3v) is 2.41. The van der Waals surface area contributed by atoms with Crippen LogP contribution in [0.2, 0.25) is 0 Å². The fourth-order valence-electron chi connectivity index (χ4n) is 1.02. The van der Waals surface area contributed by atoms with Crippen molar-refractivity contribution in [3.63, 3.8) is 0 Å². The summed E-state index contributed by atoms with van der Waals surface area (Å²) < 4.78 is 11.0. The molecule has 0 aromatic carbocycles. The molecule has 0 fully saturated rings. The van der Waals surface area contributed by atoms with E-state index in [1.54, 1.807) is 6.07 Å². The Morgan fingerprint density at radius 3 is 2.50 bits per heavy atom. The molecule has 0 saturated heterocycles. The number of hydrogen-bond acceptors (Lipinski definition) is 4. The van der Waals surface area contributed by atoms with Crippen molar-refractivity contribution in [1.82, 2.24) is 4.98 Å². The molecule has 0 bridgehead atoms. The van der Waals surface area contributed by atoms with E-state index in [4.69, 9.17) is 9.47 Å². The molecule has 0 amide bonds. The Labute approximate surface area is 108 Å². The summed E-state index contributed by atoms with van der Waals surface area (Å²) in [6.07, 6.45) is 1.45. The third kappa shape index (κ3) is 3.62. The standard InChI is InChI=1S/C11H14INO3/c1-11(2,3)16-10(14)7-5-8(12)9(15-4)13-6-7/h5-6H,1-4H3. The Hall–Kier alpha value is -0.850. The van der Waals surface area contributed by atoms with E-state index < -0.39 is 5.60 Å². The van der Waals surface area contributed by atoms with Gasteiger partial charge in [-0.3, -0.25) is 0 Å². The average molecular weight is 335 g/mol. The average Bonchev–Trinajstić information content (AvgIpc) is 2.15. The Kier molecular flexibility index (Phi) is 4.12. The molecule has 1 heterocycles. The molecule has 1 aromatic heterocycles. The monoisotopic (exact) mass is 335 g/mol. The summed E-state index contributed by atoms with van der Waals surface area (Å²) in [5.74, 6) is 0.133. The third-order valence-electron chi connectivity index (χ3n) is 1.64. The van der Waals surface area contributed by atoms with Crippen LogP contribution in [0, 0.1) is 3.57 Å². The zero-order chi connectivity index (χ0) is 12.3. The van der Waals surface area contributed by atoms with Crippen LogP contribution >= 0.6 is 22.6 Å². The van der Waals surface area contributed by atoms with Crippen molar-refractivity contribution in [1.29, 1.82) is 0 Å². The molecule has 16 heavy (non-hydrogen) atoms. The highest BCUT2D eigenvalue weighted by atomic mass is 127. The summed E-state index contributed by atoms with van der Waals surface area (Å²) in [6, 6.07) is 1.69. The molecule has 0 saturated carbocycles. The molecule has 0 radical (unpaired) electrons. The second-order valence-electron chi connectivity index (χ2n) is 4.22. The lowest BCUT2D eigenvalue weighted by atomic mass is 10.2. The zero-order valence-corrected chi connectivity index (χ0v) is 11.9. The maximum atomic E-state index is 11.7. The lowest BCUT2D eigenvalue weighted by Gasteiger charge is -2.19. The molecule has 0 aliphatic heterocycles. The van der Waals surface area contributed by atoms with Crippen LogP contribution in [0.4, 0.5) is 0 Å². The molecule has 5 heteroatoms. The van der Waals surface area contributed by atoms with Gasteiger partial charge in [0.2, 0.25) is 5.88 Å². The molecule has 0 spiro atoms. The Morgan fingerprint density at radius 2 is 2.06 bits per heavy atom. The predicted molar refractivity (Wildman–Crippen MR) is 68.7 cm³/mol. The van der Waals surface area contributed by atoms with Gasteiger partial charge in [0.1, 0.15) is 5.60 Å². The summed E-state index contributed by atoms with van der Waals surface area (Å²) in [6.45, 7) is 5.48. The number of pyridine rings is 1. The van der Waals surface area contributed by atoms with Crippen molar-refractivity contribution >= 4 is 28.6 Å². The summed E-state index contributed by atoms with van der Waals surface area (Å²) in [5.41, 5.74) is -0.0669. The van der Waals surface area contributed by atoms with Crippen LogP contribution in [-0.2, 0) is 4.74 Å². The number of hydrogen-bond donors (Lipinski definition) is 0. The maximum absolute atomic E-state index is 11.7. The molecule has 0 atom stereocenters. The van der Waals surface area contributed by atoms with Crippen molar-refractivity contribution in [2.75, 3.05) is 7.11 Å². The van der Waals surface area contributed by atoms with E-state index in [0.29, 0.717) is 11.4 Å². The van der Waals surface area contributed by atoms with E-state index >= 15 is 0 Å². The van der Waals surface area contributed by atoms with Crippen LogP contribution in [-0.4, -0.2) is 23.7 Å². The van der Waals surface area contributed by atoms with Crippen LogP contribution in [0.3, 0.4) is 0 Å². The molecule has 88 valence electrons. The van der Waals surface area contributed by atoms with Gasteiger partial charge in [0.15, 0.2) is 0 Å². The van der Waals surface area contributed by atoms with Gasteiger partial charge in [-0.15, -0.1) is 0 Å². The molecule has 1 rings (SSSR count). The Balaban J connectivity index is 2.89. The number of esters is 1. The molecule has 0 unspecified atom stereocenters. The van der Waals surface area contributed by atoms with Crippen LogP contribution in [0.15, 0.2) is 12.3 Å². The first-order valence-corrected chi connectivity index (χ1v) is 5.84. The van der Waals surface area contributed by atoms with Crippen LogP contribution in [0.25, 0.3) is 0 Å². The lowest BCUT2D eigenvalue weighted by Crippen LogP contribution is -2.24. The van der Waals surface area contributed by atoms with Crippen molar-refractivity contribution in [3.05, 3.63) is 21.4 Å². The molecular weight excluding hydrogens is 321 g/mol. The van der Waals surface area contributed by atoms with Gasteiger partial charge in [-0.2, -0.15) is 0 Å². The van der Waals surface area contributed by atoms with Crippen LogP contribution in [0.5, 0.6) is 5.88 Å². The minimum absolute atomic E-state index is 0.374. The molecule has 0 aliphatic rings. The number of carbonyl (C=O) groups excluding carboxylic acids is 1. The number of ether oxygens (including phenoxy) is 2. The first-order chi connectivity index (χ1) is 7.33. The van der Waals surface area contributed by atoms with Gasteiger partial charge in [-0.25, -0.2) is 9.78 Å². The maximum Gasteiger partial charge on any atom is 0.340 e. The highest BCUT2D eigenvalue weighted by Gasteiger charge is 2.19. The zero-order valence-electron chi connectivity index (χ0n) is 9.70. The predicted octanol–water partition coefficient (Wildman–Crippen LogP) is 2.65. The van der Waals surface area contributed by atoms with Gasteiger partial charge >= 0.3 is 5.97 Å². The summed E-state index contributed by atoms with van der Waals surface area (Å²) >= 11 is 2.06. The van der Waals surface area contributed by atoms with Crippen molar-refractivity contribution < 1.29 is 14.3 Å². The van der Waals surface area contributed by atoms with E-state index in [1.165, 1.54) is 13.3 Å². The summed E-state index contributed by atoms with van der Waals surface area (Å²) in [4.78, 5) is 15.7. The Morgan fingerprint density at radius 1 is 1.44 bits per heavy atom. The first-order valence-electron chi connectivity index (χ1n) is 4.76. The van der Waals surface area contributed by atoms with E-state index in [-0.39, 0.29) is 5.97 Å². The van der Waals surface area contributed by atoms with Gasteiger partial charge < -0.3 is 9.47 Å². The fraction of sp³-hybridized carbons (Fsp3) is 0.455. The van der Waals surface area contributed by atoms with E-state index in [0.717, 1.165) is 3.57 Å². The van der Waals surface area contributed by atoms with Crippen molar-refractivity contribution in [2.24, 2.45) is 0 Å². The molecule has 1 aromatic rings. The summed E-state index contributed by atoms with van der Waals surface area (Å²) in [5, 5.41) is 0. The second-order valence-corrected chi connectivity index (χ2v) is 5.38. The minimum Gasteiger partial charge on any atom is -0.480 e. The normalized spacial score (nSPS) is 11.1. The van der Waals surface area contributed by atoms with E-state index in [2.05, 4.69) is 27.6 Å². The minimum atomic E-state index is -0.498. The number of aromatic nitrogens is 1. The number of halogens is 1. The quantitative estimate of drug-likeness (QED) is 0.616.